The highest BCUT2D eigenvalue weighted by atomic mass is 28.4. The fraction of sp³-hybridized carbons (Fsp3) is 0.438. The molecule has 0 spiro atoms. The normalized spacial score (nSPS) is 20.8. The van der Waals surface area contributed by atoms with Crippen molar-refractivity contribution in [1.82, 2.24) is 19.5 Å². The molecule has 4 atom stereocenters. The van der Waals surface area contributed by atoms with Crippen LogP contribution in [-0.2, 0) is 14.0 Å². The molecule has 0 bridgehead atoms. The summed E-state index contributed by atoms with van der Waals surface area (Å²) in [6.45, 7) is 10.1. The number of aliphatic hydroxyl groups excluding tert-OH is 2. The third kappa shape index (κ3) is 5.87. The number of benzene rings is 2. The second-order valence-corrected chi connectivity index (χ2v) is 16.9. The summed E-state index contributed by atoms with van der Waals surface area (Å²) in [7, 11) is -2.79. The number of rotatable bonds is 10. The van der Waals surface area contributed by atoms with Crippen LogP contribution in [0.15, 0.2) is 71.8 Å². The SMILES string of the molecule is CC(C)C(=O)Nc1nc2c(ncn2[C@@H]2O[C@H](CCO[Si](c3ccccc3)(c3ccccc3)C(C)(C)C)[C@@H](CO)[C@H]2O)c(=O)[nH]1. The van der Waals surface area contributed by atoms with Gasteiger partial charge in [-0.2, -0.15) is 4.98 Å². The van der Waals surface area contributed by atoms with Crippen LogP contribution in [0.25, 0.3) is 11.2 Å². The predicted molar refractivity (Wildman–Crippen MR) is 170 cm³/mol. The van der Waals surface area contributed by atoms with Crippen molar-refractivity contribution in [2.24, 2.45) is 11.8 Å². The van der Waals surface area contributed by atoms with Gasteiger partial charge >= 0.3 is 0 Å². The van der Waals surface area contributed by atoms with Crippen molar-refractivity contribution < 1.29 is 24.2 Å². The van der Waals surface area contributed by atoms with E-state index in [1.165, 1.54) is 10.9 Å². The lowest BCUT2D eigenvalue weighted by Crippen LogP contribution is -2.66. The Balaban J connectivity index is 1.41. The molecule has 4 aromatic rings. The third-order valence-corrected chi connectivity index (χ3v) is 13.4. The Morgan fingerprint density at radius 1 is 1.11 bits per heavy atom. The first-order valence-corrected chi connectivity index (χ1v) is 16.9. The van der Waals surface area contributed by atoms with Gasteiger partial charge in [0.15, 0.2) is 17.4 Å². The molecule has 0 saturated carbocycles. The maximum absolute atomic E-state index is 12.7. The number of aromatic nitrogens is 4. The molecule has 5 rings (SSSR count). The Morgan fingerprint density at radius 2 is 1.73 bits per heavy atom. The minimum absolute atomic E-state index is 0.0237. The molecule has 1 saturated heterocycles. The van der Waals surface area contributed by atoms with Gasteiger partial charge in [-0.05, 0) is 21.8 Å². The van der Waals surface area contributed by atoms with Gasteiger partial charge in [0.25, 0.3) is 13.9 Å². The van der Waals surface area contributed by atoms with Crippen LogP contribution in [0.4, 0.5) is 5.95 Å². The second-order valence-electron chi connectivity index (χ2n) is 12.6. The summed E-state index contributed by atoms with van der Waals surface area (Å²) in [5.74, 6) is -1.26. The molecule has 0 unspecified atom stereocenters. The lowest BCUT2D eigenvalue weighted by atomic mass is 9.97. The molecule has 12 heteroatoms. The van der Waals surface area contributed by atoms with E-state index in [0.29, 0.717) is 13.0 Å². The summed E-state index contributed by atoms with van der Waals surface area (Å²) in [5.41, 5.74) is -0.339. The molecular formula is C32H41N5O6Si. The summed E-state index contributed by atoms with van der Waals surface area (Å²) in [4.78, 5) is 36.1. The van der Waals surface area contributed by atoms with Crippen LogP contribution in [0.5, 0.6) is 0 Å². The number of anilines is 1. The average Bonchev–Trinajstić information content (AvgIpc) is 3.55. The monoisotopic (exact) mass is 619 g/mol. The highest BCUT2D eigenvalue weighted by Crippen LogP contribution is 2.39. The fourth-order valence-corrected chi connectivity index (χ4v) is 10.6. The molecule has 2 aromatic heterocycles. The van der Waals surface area contributed by atoms with E-state index < -0.39 is 38.2 Å². The Labute approximate surface area is 257 Å². The van der Waals surface area contributed by atoms with Gasteiger partial charge in [0.05, 0.1) is 19.0 Å². The molecule has 0 aliphatic carbocycles. The van der Waals surface area contributed by atoms with Crippen molar-refractivity contribution in [3.05, 3.63) is 77.3 Å². The van der Waals surface area contributed by atoms with E-state index in [2.05, 4.69) is 65.3 Å². The summed E-state index contributed by atoms with van der Waals surface area (Å²) in [6.07, 6.45) is -0.815. The minimum Gasteiger partial charge on any atom is -0.407 e. The molecule has 2 aromatic carbocycles. The standard InChI is InChI=1S/C32H41N5O6Si/c1-20(2)28(40)35-31-34-27-25(29(41)36-31)33-19-37(27)30-26(39)23(18-38)24(43-30)16-17-42-44(32(3,4)5,21-12-8-6-9-13-21)22-14-10-7-11-15-22/h6-15,19-20,23-24,26,30,38-39H,16-18H2,1-5H3,(H2,34,35,36,40,41)/t23-,24-,26-,30-/m1/s1. The summed E-state index contributed by atoms with van der Waals surface area (Å²) < 4.78 is 14.8. The fourth-order valence-electron chi connectivity index (χ4n) is 6.05. The van der Waals surface area contributed by atoms with Crippen LogP contribution in [0.1, 0.15) is 47.3 Å². The van der Waals surface area contributed by atoms with Crippen molar-refractivity contribution in [2.75, 3.05) is 18.5 Å². The van der Waals surface area contributed by atoms with E-state index in [0.717, 1.165) is 10.4 Å². The summed E-state index contributed by atoms with van der Waals surface area (Å²) in [6, 6.07) is 20.6. The Bertz CT molecular complexity index is 1600. The van der Waals surface area contributed by atoms with Crippen molar-refractivity contribution in [3.63, 3.8) is 0 Å². The van der Waals surface area contributed by atoms with Crippen molar-refractivity contribution in [3.8, 4) is 0 Å². The van der Waals surface area contributed by atoms with E-state index in [1.54, 1.807) is 13.8 Å². The van der Waals surface area contributed by atoms with E-state index in [-0.39, 0.29) is 40.6 Å². The number of amides is 1. The average molecular weight is 620 g/mol. The topological polar surface area (TPSA) is 152 Å². The highest BCUT2D eigenvalue weighted by molar-refractivity contribution is 6.99. The molecule has 4 N–H and O–H groups in total. The number of carbonyl (C=O) groups is 1. The first-order chi connectivity index (χ1) is 21.0. The molecule has 0 radical (unpaired) electrons. The lowest BCUT2D eigenvalue weighted by Gasteiger charge is -2.43. The Kier molecular flexibility index (Phi) is 9.19. The molecule has 3 heterocycles. The van der Waals surface area contributed by atoms with Gasteiger partial charge < -0.3 is 19.4 Å². The molecule has 1 fully saturated rings. The van der Waals surface area contributed by atoms with E-state index in [1.807, 2.05) is 36.4 Å². The van der Waals surface area contributed by atoms with Crippen molar-refractivity contribution >= 4 is 41.7 Å². The zero-order valence-corrected chi connectivity index (χ0v) is 26.7. The molecule has 44 heavy (non-hydrogen) atoms. The molecule has 1 amide bonds. The second kappa shape index (κ2) is 12.7. The van der Waals surface area contributed by atoms with Gasteiger partial charge in [-0.3, -0.25) is 24.5 Å². The van der Waals surface area contributed by atoms with Crippen LogP contribution in [0.3, 0.4) is 0 Å². The minimum atomic E-state index is -2.79. The van der Waals surface area contributed by atoms with Crippen LogP contribution in [0, 0.1) is 11.8 Å². The molecular weight excluding hydrogens is 578 g/mol. The number of nitrogens with one attached hydrogen (secondary N) is 2. The zero-order valence-electron chi connectivity index (χ0n) is 25.7. The van der Waals surface area contributed by atoms with Crippen LogP contribution in [-0.4, -0.2) is 69.4 Å². The Morgan fingerprint density at radius 3 is 2.27 bits per heavy atom. The zero-order chi connectivity index (χ0) is 31.6. The van der Waals surface area contributed by atoms with Crippen molar-refractivity contribution in [1.29, 1.82) is 0 Å². The van der Waals surface area contributed by atoms with Gasteiger partial charge in [-0.15, -0.1) is 0 Å². The number of hydrogen-bond donors (Lipinski definition) is 4. The first-order valence-electron chi connectivity index (χ1n) is 14.9. The maximum atomic E-state index is 12.7. The Hall–Kier alpha value is -3.68. The van der Waals surface area contributed by atoms with Crippen LogP contribution < -0.4 is 21.2 Å². The quantitative estimate of drug-likeness (QED) is 0.198. The number of aliphatic hydroxyl groups is 2. The van der Waals surface area contributed by atoms with E-state index >= 15 is 0 Å². The number of ether oxygens (including phenoxy) is 1. The smallest absolute Gasteiger partial charge is 0.280 e. The van der Waals surface area contributed by atoms with E-state index in [9.17, 15) is 19.8 Å². The number of hydrogen-bond acceptors (Lipinski definition) is 8. The number of fused-ring (bicyclic) bond motifs is 1. The summed E-state index contributed by atoms with van der Waals surface area (Å²) in [5, 5.41) is 26.3. The van der Waals surface area contributed by atoms with Gasteiger partial charge in [0, 0.05) is 18.4 Å². The predicted octanol–water partition coefficient (Wildman–Crippen LogP) is 2.55. The number of aromatic amines is 1. The third-order valence-electron chi connectivity index (χ3n) is 8.34. The number of nitrogens with zero attached hydrogens (tertiary/aromatic N) is 3. The van der Waals surface area contributed by atoms with Gasteiger partial charge in [-0.25, -0.2) is 4.98 Å². The van der Waals surface area contributed by atoms with E-state index in [4.69, 9.17) is 9.16 Å². The first kappa shape index (κ1) is 31.7. The van der Waals surface area contributed by atoms with Gasteiger partial charge in [-0.1, -0.05) is 95.3 Å². The van der Waals surface area contributed by atoms with Gasteiger partial charge in [0.2, 0.25) is 11.9 Å². The van der Waals surface area contributed by atoms with Crippen molar-refractivity contribution in [2.45, 2.75) is 64.5 Å². The molecule has 11 nitrogen and oxygen atoms in total. The van der Waals surface area contributed by atoms with Crippen LogP contribution >= 0.6 is 0 Å². The molecule has 1 aliphatic rings. The maximum Gasteiger partial charge on any atom is 0.280 e. The van der Waals surface area contributed by atoms with Gasteiger partial charge in [0.1, 0.15) is 6.10 Å². The number of carbonyl (C=O) groups excluding carboxylic acids is 1. The number of H-pyrrole nitrogens is 1. The number of imidazole rings is 1. The van der Waals surface area contributed by atoms with Crippen LogP contribution in [0.2, 0.25) is 5.04 Å². The molecule has 234 valence electrons. The molecule has 1 aliphatic heterocycles. The summed E-state index contributed by atoms with van der Waals surface area (Å²) >= 11 is 0. The largest absolute Gasteiger partial charge is 0.407 e. The highest BCUT2D eigenvalue weighted by Gasteiger charge is 2.51. The lowest BCUT2D eigenvalue weighted by molar-refractivity contribution is -0.118.